The molecule has 1 saturated carbocycles. The van der Waals surface area contributed by atoms with Crippen molar-refractivity contribution in [2.75, 3.05) is 0 Å². The van der Waals surface area contributed by atoms with Crippen molar-refractivity contribution in [3.63, 3.8) is 0 Å². The topological polar surface area (TPSA) is 59.8 Å². The number of hydrogen-bond donors (Lipinski definition) is 1. The lowest BCUT2D eigenvalue weighted by Gasteiger charge is -2.17. The van der Waals surface area contributed by atoms with Gasteiger partial charge in [-0.05, 0) is 55.7 Å². The van der Waals surface area contributed by atoms with Crippen LogP contribution in [-0.4, -0.2) is 20.7 Å². The molecule has 1 unspecified atom stereocenters. The highest BCUT2D eigenvalue weighted by Gasteiger charge is 2.32. The molecule has 1 aliphatic carbocycles. The molecular weight excluding hydrogens is 446 g/mol. The van der Waals surface area contributed by atoms with Crippen LogP contribution in [0.4, 0.5) is 4.39 Å². The van der Waals surface area contributed by atoms with E-state index < -0.39 is 0 Å². The minimum atomic E-state index is -0.350. The fourth-order valence-corrected chi connectivity index (χ4v) is 4.41. The molecule has 1 fully saturated rings. The predicted octanol–water partition coefficient (Wildman–Crippen LogP) is 5.59. The summed E-state index contributed by atoms with van der Waals surface area (Å²) >= 11 is 14.0. The van der Waals surface area contributed by atoms with Crippen LogP contribution < -0.4 is 5.32 Å². The molecule has 2 aromatic carbocycles. The second-order valence-electron chi connectivity index (χ2n) is 7.19. The smallest absolute Gasteiger partial charge is 0.223 e. The van der Waals surface area contributed by atoms with Crippen LogP contribution in [0.2, 0.25) is 10.0 Å². The van der Waals surface area contributed by atoms with Crippen LogP contribution in [0.15, 0.2) is 47.6 Å². The van der Waals surface area contributed by atoms with Crippen LogP contribution in [0, 0.1) is 11.7 Å². The van der Waals surface area contributed by atoms with E-state index in [-0.39, 0.29) is 23.7 Å². The van der Waals surface area contributed by atoms with Crippen LogP contribution in [0.5, 0.6) is 0 Å². The van der Waals surface area contributed by atoms with Gasteiger partial charge >= 0.3 is 0 Å². The van der Waals surface area contributed by atoms with Crippen LogP contribution in [0.3, 0.4) is 0 Å². The average molecular weight is 465 g/mol. The normalized spacial score (nSPS) is 14.5. The molecular formula is C21H19Cl2FN4OS. The molecule has 1 atom stereocenters. The third-order valence-electron chi connectivity index (χ3n) is 4.78. The van der Waals surface area contributed by atoms with Crippen molar-refractivity contribution >= 4 is 40.9 Å². The number of carbonyl (C=O) groups is 1. The zero-order valence-corrected chi connectivity index (χ0v) is 18.4. The Hall–Kier alpha value is -2.09. The summed E-state index contributed by atoms with van der Waals surface area (Å²) in [6, 6.07) is 11.2. The lowest BCUT2D eigenvalue weighted by molar-refractivity contribution is -0.123. The molecule has 0 radical (unpaired) electrons. The zero-order chi connectivity index (χ0) is 21.3. The Morgan fingerprint density at radius 3 is 2.63 bits per heavy atom. The number of aromatic nitrogens is 3. The predicted molar refractivity (Wildman–Crippen MR) is 117 cm³/mol. The molecule has 1 aliphatic rings. The van der Waals surface area contributed by atoms with E-state index in [0.717, 1.165) is 18.4 Å². The maximum absolute atomic E-state index is 13.2. The molecule has 1 N–H and O–H groups in total. The molecule has 1 heterocycles. The van der Waals surface area contributed by atoms with Gasteiger partial charge in [-0.15, -0.1) is 10.2 Å². The van der Waals surface area contributed by atoms with E-state index in [0.29, 0.717) is 32.5 Å². The quantitative estimate of drug-likeness (QED) is 0.462. The summed E-state index contributed by atoms with van der Waals surface area (Å²) in [6.45, 7) is 1.87. The third-order valence-corrected chi connectivity index (χ3v) is 6.32. The number of thioether (sulfide) groups is 1. The molecule has 0 aliphatic heterocycles. The fraction of sp³-hybridized carbons (Fsp3) is 0.286. The van der Waals surface area contributed by atoms with Crippen LogP contribution in [-0.2, 0) is 10.5 Å². The van der Waals surface area contributed by atoms with Crippen molar-refractivity contribution in [3.8, 4) is 5.69 Å². The molecule has 4 rings (SSSR count). The summed E-state index contributed by atoms with van der Waals surface area (Å²) in [7, 11) is 0. The number of rotatable bonds is 7. The lowest BCUT2D eigenvalue weighted by Crippen LogP contribution is -2.29. The zero-order valence-electron chi connectivity index (χ0n) is 16.1. The second kappa shape index (κ2) is 8.96. The maximum Gasteiger partial charge on any atom is 0.223 e. The summed E-state index contributed by atoms with van der Waals surface area (Å²) in [4.78, 5) is 12.2. The monoisotopic (exact) mass is 464 g/mol. The van der Waals surface area contributed by atoms with E-state index in [1.807, 2.05) is 11.5 Å². The van der Waals surface area contributed by atoms with Gasteiger partial charge in [0.1, 0.15) is 5.82 Å². The number of amides is 1. The van der Waals surface area contributed by atoms with Crippen LogP contribution in [0.25, 0.3) is 5.69 Å². The van der Waals surface area contributed by atoms with E-state index in [1.165, 1.54) is 23.9 Å². The Bertz CT molecular complexity index is 1070. The largest absolute Gasteiger partial charge is 0.346 e. The van der Waals surface area contributed by atoms with Gasteiger partial charge < -0.3 is 5.32 Å². The highest BCUT2D eigenvalue weighted by molar-refractivity contribution is 7.98. The number of nitrogens with one attached hydrogen (secondary N) is 1. The molecule has 156 valence electrons. The van der Waals surface area contributed by atoms with Gasteiger partial charge in [0.25, 0.3) is 0 Å². The van der Waals surface area contributed by atoms with Gasteiger partial charge in [-0.3, -0.25) is 9.36 Å². The standard InChI is InChI=1S/C21H19Cl2FN4OS/c1-12(25-20(29)14-4-5-14)19-26-27-21(30-11-13-2-7-16(24)8-3-13)28(19)18-9-6-15(22)10-17(18)23/h2-3,6-10,12,14H,4-5,11H2,1H3,(H,25,29). The molecule has 30 heavy (non-hydrogen) atoms. The van der Waals surface area contributed by atoms with Crippen molar-refractivity contribution in [1.82, 2.24) is 20.1 Å². The first kappa shape index (κ1) is 21.2. The Labute approximate surface area is 188 Å². The second-order valence-corrected chi connectivity index (χ2v) is 8.98. The number of nitrogens with zero attached hydrogens (tertiary/aromatic N) is 3. The first-order chi connectivity index (χ1) is 14.4. The minimum absolute atomic E-state index is 0.0276. The van der Waals surface area contributed by atoms with Crippen molar-refractivity contribution < 1.29 is 9.18 Å². The molecule has 9 heteroatoms. The number of hydrogen-bond acceptors (Lipinski definition) is 4. The number of benzene rings is 2. The Balaban J connectivity index is 1.65. The minimum Gasteiger partial charge on any atom is -0.346 e. The summed E-state index contributed by atoms with van der Waals surface area (Å²) in [5.41, 5.74) is 1.63. The Morgan fingerprint density at radius 1 is 1.23 bits per heavy atom. The van der Waals surface area contributed by atoms with E-state index >= 15 is 0 Å². The summed E-state index contributed by atoms with van der Waals surface area (Å²) in [5.74, 6) is 0.999. The van der Waals surface area contributed by atoms with Gasteiger partial charge in [-0.2, -0.15) is 0 Å². The van der Waals surface area contributed by atoms with E-state index in [1.54, 1.807) is 30.3 Å². The molecule has 1 aromatic heterocycles. The number of carbonyl (C=O) groups excluding carboxylic acids is 1. The van der Waals surface area contributed by atoms with Gasteiger partial charge in [0.2, 0.25) is 5.91 Å². The Morgan fingerprint density at radius 2 is 1.97 bits per heavy atom. The molecule has 5 nitrogen and oxygen atoms in total. The fourth-order valence-electron chi connectivity index (χ4n) is 3.01. The van der Waals surface area contributed by atoms with Gasteiger partial charge in [0, 0.05) is 16.7 Å². The highest BCUT2D eigenvalue weighted by Crippen LogP contribution is 2.33. The molecule has 1 amide bonds. The first-order valence-electron chi connectivity index (χ1n) is 9.50. The third kappa shape index (κ3) is 4.79. The Kier molecular flexibility index (Phi) is 6.32. The van der Waals surface area contributed by atoms with Gasteiger partial charge in [-0.25, -0.2) is 4.39 Å². The summed E-state index contributed by atoms with van der Waals surface area (Å²) in [6.07, 6.45) is 1.85. The van der Waals surface area contributed by atoms with E-state index in [4.69, 9.17) is 23.2 Å². The van der Waals surface area contributed by atoms with Crippen molar-refractivity contribution in [1.29, 1.82) is 0 Å². The van der Waals surface area contributed by atoms with Crippen molar-refractivity contribution in [3.05, 3.63) is 69.7 Å². The lowest BCUT2D eigenvalue weighted by atomic mass is 10.2. The van der Waals surface area contributed by atoms with Crippen LogP contribution in [0.1, 0.15) is 37.2 Å². The highest BCUT2D eigenvalue weighted by atomic mass is 35.5. The van der Waals surface area contributed by atoms with E-state index in [9.17, 15) is 9.18 Å². The number of halogens is 3. The molecule has 0 saturated heterocycles. The maximum atomic E-state index is 13.2. The van der Waals surface area contributed by atoms with Crippen molar-refractivity contribution in [2.45, 2.75) is 36.7 Å². The van der Waals surface area contributed by atoms with Gasteiger partial charge in [0.05, 0.1) is 16.8 Å². The molecule has 3 aromatic rings. The SMILES string of the molecule is CC(NC(=O)C1CC1)c1nnc(SCc2ccc(F)cc2)n1-c1ccc(Cl)cc1Cl. The summed E-state index contributed by atoms with van der Waals surface area (Å²) < 4.78 is 15.0. The molecule has 0 spiro atoms. The van der Waals surface area contributed by atoms with E-state index in [2.05, 4.69) is 15.5 Å². The molecule has 0 bridgehead atoms. The summed E-state index contributed by atoms with van der Waals surface area (Å²) in [5, 5.41) is 13.3. The average Bonchev–Trinajstić information content (AvgIpc) is 3.48. The van der Waals surface area contributed by atoms with Crippen molar-refractivity contribution in [2.24, 2.45) is 5.92 Å². The van der Waals surface area contributed by atoms with Gasteiger partial charge in [0.15, 0.2) is 11.0 Å². The van der Waals surface area contributed by atoms with Gasteiger partial charge in [-0.1, -0.05) is 47.1 Å². The van der Waals surface area contributed by atoms with Crippen LogP contribution >= 0.6 is 35.0 Å². The first-order valence-corrected chi connectivity index (χ1v) is 11.2.